The van der Waals surface area contributed by atoms with E-state index in [9.17, 15) is 4.79 Å². The monoisotopic (exact) mass is 200 g/mol. The van der Waals surface area contributed by atoms with Crippen molar-refractivity contribution in [2.75, 3.05) is 13.2 Å². The van der Waals surface area contributed by atoms with Crippen LogP contribution in [-0.4, -0.2) is 36.2 Å². The molecule has 0 bridgehead atoms. The summed E-state index contributed by atoms with van der Waals surface area (Å²) < 4.78 is 0. The Hall–Kier alpha value is -0.610. The van der Waals surface area contributed by atoms with Crippen LogP contribution in [0.1, 0.15) is 32.6 Å². The van der Waals surface area contributed by atoms with Crippen LogP contribution in [0.2, 0.25) is 0 Å². The number of nitrogens with one attached hydrogen (secondary N) is 2. The Labute approximate surface area is 85.1 Å². The molecule has 1 unspecified atom stereocenters. The quantitative estimate of drug-likeness (QED) is 0.586. The zero-order chi connectivity index (χ0) is 10.4. The maximum absolute atomic E-state index is 11.3. The molecule has 4 nitrogen and oxygen atoms in total. The van der Waals surface area contributed by atoms with E-state index < -0.39 is 0 Å². The Morgan fingerprint density at radius 3 is 2.71 bits per heavy atom. The van der Waals surface area contributed by atoms with Crippen LogP contribution in [0.25, 0.3) is 0 Å². The lowest BCUT2D eigenvalue weighted by atomic mass is 10.2. The minimum atomic E-state index is -0.145. The van der Waals surface area contributed by atoms with E-state index in [1.54, 1.807) is 6.92 Å². The van der Waals surface area contributed by atoms with Crippen LogP contribution in [0.15, 0.2) is 0 Å². The minimum Gasteiger partial charge on any atom is -0.394 e. The van der Waals surface area contributed by atoms with Crippen molar-refractivity contribution in [2.45, 2.75) is 44.7 Å². The fourth-order valence-corrected chi connectivity index (χ4v) is 1.74. The second-order valence-electron chi connectivity index (χ2n) is 4.01. The van der Waals surface area contributed by atoms with Gasteiger partial charge in [0, 0.05) is 12.1 Å². The average molecular weight is 200 g/mol. The second kappa shape index (κ2) is 5.98. The maximum atomic E-state index is 11.3. The van der Waals surface area contributed by atoms with Gasteiger partial charge in [-0.2, -0.15) is 0 Å². The normalized spacial score (nSPS) is 19.6. The molecule has 82 valence electrons. The molecule has 1 amide bonds. The summed E-state index contributed by atoms with van der Waals surface area (Å²) in [6.45, 7) is 2.15. The lowest BCUT2D eigenvalue weighted by molar-refractivity contribution is -0.121. The highest BCUT2D eigenvalue weighted by molar-refractivity contribution is 5.78. The Kier molecular flexibility index (Phi) is 4.90. The molecule has 0 aromatic carbocycles. The van der Waals surface area contributed by atoms with Gasteiger partial charge in [-0.25, -0.2) is 0 Å². The van der Waals surface area contributed by atoms with E-state index in [-0.39, 0.29) is 18.6 Å². The van der Waals surface area contributed by atoms with E-state index >= 15 is 0 Å². The van der Waals surface area contributed by atoms with Crippen molar-refractivity contribution >= 4 is 5.91 Å². The smallest absolute Gasteiger partial charge is 0.234 e. The van der Waals surface area contributed by atoms with Gasteiger partial charge in [0.1, 0.15) is 0 Å². The summed E-state index contributed by atoms with van der Waals surface area (Å²) in [6.07, 6.45) is 4.91. The Morgan fingerprint density at radius 2 is 2.14 bits per heavy atom. The molecule has 1 atom stereocenters. The molecule has 0 spiro atoms. The molecule has 4 heteroatoms. The molecule has 1 rings (SSSR count). The number of hydrogen-bond donors (Lipinski definition) is 3. The molecular weight excluding hydrogens is 180 g/mol. The lowest BCUT2D eigenvalue weighted by Gasteiger charge is -2.14. The molecule has 14 heavy (non-hydrogen) atoms. The summed E-state index contributed by atoms with van der Waals surface area (Å²) in [4.78, 5) is 11.3. The van der Waals surface area contributed by atoms with Crippen LogP contribution in [0.3, 0.4) is 0 Å². The third kappa shape index (κ3) is 4.07. The van der Waals surface area contributed by atoms with Crippen LogP contribution in [0.5, 0.6) is 0 Å². The average Bonchev–Trinajstić information content (AvgIpc) is 2.67. The molecule has 0 radical (unpaired) electrons. The maximum Gasteiger partial charge on any atom is 0.234 e. The number of aliphatic hydroxyl groups is 1. The largest absolute Gasteiger partial charge is 0.394 e. The molecule has 0 heterocycles. The van der Waals surface area contributed by atoms with Gasteiger partial charge in [-0.15, -0.1) is 0 Å². The minimum absolute atomic E-state index is 0.00479. The summed E-state index contributed by atoms with van der Waals surface area (Å²) >= 11 is 0. The topological polar surface area (TPSA) is 61.4 Å². The van der Waals surface area contributed by atoms with Crippen molar-refractivity contribution in [1.29, 1.82) is 0 Å². The highest BCUT2D eigenvalue weighted by Crippen LogP contribution is 2.17. The van der Waals surface area contributed by atoms with Crippen LogP contribution in [-0.2, 0) is 4.79 Å². The second-order valence-corrected chi connectivity index (χ2v) is 4.01. The van der Waals surface area contributed by atoms with E-state index in [1.807, 2.05) is 0 Å². The third-order valence-corrected chi connectivity index (χ3v) is 2.59. The first-order valence-electron chi connectivity index (χ1n) is 5.36. The van der Waals surface area contributed by atoms with Crippen LogP contribution in [0, 0.1) is 0 Å². The summed E-state index contributed by atoms with van der Waals surface area (Å²) in [5, 5.41) is 14.6. The zero-order valence-corrected chi connectivity index (χ0v) is 8.75. The lowest BCUT2D eigenvalue weighted by Crippen LogP contribution is -2.42. The van der Waals surface area contributed by atoms with Crippen molar-refractivity contribution in [3.63, 3.8) is 0 Å². The van der Waals surface area contributed by atoms with Gasteiger partial charge in [-0.3, -0.25) is 4.79 Å². The molecule has 0 saturated heterocycles. The van der Waals surface area contributed by atoms with Gasteiger partial charge in [0.2, 0.25) is 5.91 Å². The van der Waals surface area contributed by atoms with Crippen molar-refractivity contribution in [2.24, 2.45) is 0 Å². The SMILES string of the molecule is CC(CO)NC(=O)CNC1CCCC1. The first kappa shape index (κ1) is 11.5. The third-order valence-electron chi connectivity index (χ3n) is 2.59. The fourth-order valence-electron chi connectivity index (χ4n) is 1.74. The molecule has 0 aromatic rings. The van der Waals surface area contributed by atoms with Gasteiger partial charge in [-0.1, -0.05) is 12.8 Å². The van der Waals surface area contributed by atoms with Crippen LogP contribution in [0.4, 0.5) is 0 Å². The molecule has 1 saturated carbocycles. The van der Waals surface area contributed by atoms with E-state index in [0.717, 1.165) is 0 Å². The molecule has 1 aliphatic carbocycles. The van der Waals surface area contributed by atoms with E-state index in [0.29, 0.717) is 12.6 Å². The van der Waals surface area contributed by atoms with E-state index in [2.05, 4.69) is 10.6 Å². The highest BCUT2D eigenvalue weighted by atomic mass is 16.3. The predicted molar refractivity (Wildman–Crippen MR) is 54.9 cm³/mol. The summed E-state index contributed by atoms with van der Waals surface area (Å²) in [5.74, 6) is -0.0292. The van der Waals surface area contributed by atoms with Crippen molar-refractivity contribution in [1.82, 2.24) is 10.6 Å². The molecule has 0 aromatic heterocycles. The molecule has 1 aliphatic rings. The van der Waals surface area contributed by atoms with Gasteiger partial charge in [0.05, 0.1) is 13.2 Å². The van der Waals surface area contributed by atoms with Crippen LogP contribution < -0.4 is 10.6 Å². The van der Waals surface area contributed by atoms with Gasteiger partial charge >= 0.3 is 0 Å². The van der Waals surface area contributed by atoms with Crippen molar-refractivity contribution in [3.05, 3.63) is 0 Å². The van der Waals surface area contributed by atoms with E-state index in [4.69, 9.17) is 5.11 Å². The standard InChI is InChI=1S/C10H20N2O2/c1-8(7-13)12-10(14)6-11-9-4-2-3-5-9/h8-9,11,13H,2-7H2,1H3,(H,12,14). The molecule has 0 aliphatic heterocycles. The zero-order valence-electron chi connectivity index (χ0n) is 8.75. The summed E-state index contributed by atoms with van der Waals surface area (Å²) in [6, 6.07) is 0.373. The molecule has 3 N–H and O–H groups in total. The number of amides is 1. The van der Waals surface area contributed by atoms with Gasteiger partial charge in [-0.05, 0) is 19.8 Å². The summed E-state index contributed by atoms with van der Waals surface area (Å²) in [5.41, 5.74) is 0. The molecular formula is C10H20N2O2. The van der Waals surface area contributed by atoms with Crippen molar-refractivity contribution < 1.29 is 9.90 Å². The number of aliphatic hydroxyl groups excluding tert-OH is 1. The highest BCUT2D eigenvalue weighted by Gasteiger charge is 2.15. The number of carbonyl (C=O) groups is 1. The van der Waals surface area contributed by atoms with Crippen molar-refractivity contribution in [3.8, 4) is 0 Å². The van der Waals surface area contributed by atoms with Gasteiger partial charge < -0.3 is 15.7 Å². The van der Waals surface area contributed by atoms with Crippen LogP contribution >= 0.6 is 0 Å². The fraction of sp³-hybridized carbons (Fsp3) is 0.900. The summed E-state index contributed by atoms with van der Waals surface area (Å²) in [7, 11) is 0. The van der Waals surface area contributed by atoms with Gasteiger partial charge in [0.25, 0.3) is 0 Å². The predicted octanol–water partition coefficient (Wildman–Crippen LogP) is 0.0156. The molecule has 1 fully saturated rings. The van der Waals surface area contributed by atoms with Gasteiger partial charge in [0.15, 0.2) is 0 Å². The number of carbonyl (C=O) groups excluding carboxylic acids is 1. The first-order valence-corrected chi connectivity index (χ1v) is 5.36. The van der Waals surface area contributed by atoms with E-state index in [1.165, 1.54) is 25.7 Å². The first-order chi connectivity index (χ1) is 6.72. The Morgan fingerprint density at radius 1 is 1.50 bits per heavy atom. The number of rotatable bonds is 5. The Balaban J connectivity index is 2.08. The Bertz CT molecular complexity index is 179. The number of hydrogen-bond acceptors (Lipinski definition) is 3.